The van der Waals surface area contributed by atoms with E-state index in [4.69, 9.17) is 4.74 Å². The summed E-state index contributed by atoms with van der Waals surface area (Å²) < 4.78 is 5.49. The van der Waals surface area contributed by atoms with Gasteiger partial charge in [0.1, 0.15) is 5.75 Å². The molecule has 150 valence electrons. The van der Waals surface area contributed by atoms with E-state index in [-0.39, 0.29) is 5.91 Å². The number of ether oxygens (including phenoxy) is 1. The number of rotatable bonds is 8. The number of nitrogens with one attached hydrogen (secondary N) is 2. The topological polar surface area (TPSA) is 66.0 Å². The van der Waals surface area contributed by atoms with Crippen LogP contribution in [0.1, 0.15) is 35.3 Å². The zero-order chi connectivity index (χ0) is 20.4. The summed E-state index contributed by atoms with van der Waals surface area (Å²) in [6, 6.07) is 15.7. The van der Waals surface area contributed by atoms with Crippen molar-refractivity contribution in [3.8, 4) is 5.75 Å². The highest BCUT2D eigenvalue weighted by Gasteiger charge is 2.09. The van der Waals surface area contributed by atoms with Gasteiger partial charge >= 0.3 is 0 Å². The van der Waals surface area contributed by atoms with Crippen LogP contribution in [-0.2, 0) is 13.1 Å². The Morgan fingerprint density at radius 1 is 1.07 bits per heavy atom. The van der Waals surface area contributed by atoms with Gasteiger partial charge in [0.15, 0.2) is 5.96 Å². The summed E-state index contributed by atoms with van der Waals surface area (Å²) in [5.41, 5.74) is 2.87. The lowest BCUT2D eigenvalue weighted by atomic mass is 10.1. The third-order valence-corrected chi connectivity index (χ3v) is 4.20. The number of carbonyl (C=O) groups is 1. The number of guanidine groups is 1. The van der Waals surface area contributed by atoms with E-state index in [0.717, 1.165) is 23.8 Å². The molecule has 0 aliphatic rings. The lowest BCUT2D eigenvalue weighted by Gasteiger charge is -2.22. The molecule has 0 saturated carbocycles. The molecule has 0 fully saturated rings. The normalized spacial score (nSPS) is 11.1. The second-order valence-corrected chi connectivity index (χ2v) is 6.39. The average Bonchev–Trinajstić information content (AvgIpc) is 2.70. The Morgan fingerprint density at radius 3 is 2.46 bits per heavy atom. The average molecular weight is 383 g/mol. The number of carbonyl (C=O) groups excluding carboxylic acids is 1. The molecule has 0 heterocycles. The highest BCUT2D eigenvalue weighted by Crippen LogP contribution is 2.13. The molecule has 0 bridgehead atoms. The number of nitrogens with zero attached hydrogens (tertiary/aromatic N) is 2. The van der Waals surface area contributed by atoms with Crippen LogP contribution in [0.15, 0.2) is 53.5 Å². The van der Waals surface area contributed by atoms with Crippen molar-refractivity contribution in [3.63, 3.8) is 0 Å². The Balaban J connectivity index is 1.94. The minimum Gasteiger partial charge on any atom is -0.494 e. The Labute approximate surface area is 167 Å². The molecular formula is C22H30N4O2. The van der Waals surface area contributed by atoms with E-state index in [9.17, 15) is 4.79 Å². The van der Waals surface area contributed by atoms with E-state index in [1.807, 2.05) is 57.3 Å². The summed E-state index contributed by atoms with van der Waals surface area (Å²) in [4.78, 5) is 18.4. The van der Waals surface area contributed by atoms with Crippen LogP contribution in [0.25, 0.3) is 0 Å². The Morgan fingerprint density at radius 2 is 1.82 bits per heavy atom. The van der Waals surface area contributed by atoms with Gasteiger partial charge < -0.3 is 20.3 Å². The molecule has 0 unspecified atom stereocenters. The minimum atomic E-state index is -0.0543. The molecule has 0 atom stereocenters. The fraction of sp³-hybridized carbons (Fsp3) is 0.364. The molecule has 28 heavy (non-hydrogen) atoms. The maximum atomic E-state index is 12.0. The predicted octanol–water partition coefficient (Wildman–Crippen LogP) is 3.04. The summed E-state index contributed by atoms with van der Waals surface area (Å²) in [6.45, 7) is 6.48. The van der Waals surface area contributed by atoms with E-state index in [2.05, 4.69) is 32.7 Å². The highest BCUT2D eigenvalue weighted by molar-refractivity contribution is 5.94. The zero-order valence-corrected chi connectivity index (χ0v) is 17.2. The van der Waals surface area contributed by atoms with Crippen LogP contribution in [0.2, 0.25) is 0 Å². The third-order valence-electron chi connectivity index (χ3n) is 4.20. The van der Waals surface area contributed by atoms with Gasteiger partial charge in [0, 0.05) is 39.3 Å². The highest BCUT2D eigenvalue weighted by atomic mass is 16.5. The van der Waals surface area contributed by atoms with Crippen molar-refractivity contribution in [1.29, 1.82) is 0 Å². The molecule has 2 N–H and O–H groups in total. The lowest BCUT2D eigenvalue weighted by Crippen LogP contribution is -2.38. The number of hydrogen-bond acceptors (Lipinski definition) is 3. The monoisotopic (exact) mass is 382 g/mol. The molecule has 1 amide bonds. The molecule has 2 rings (SSSR count). The van der Waals surface area contributed by atoms with Crippen LogP contribution >= 0.6 is 0 Å². The molecule has 0 aliphatic heterocycles. The summed E-state index contributed by atoms with van der Waals surface area (Å²) >= 11 is 0. The Kier molecular flexibility index (Phi) is 8.34. The molecule has 6 heteroatoms. The summed E-state index contributed by atoms with van der Waals surface area (Å²) in [5.74, 6) is 1.61. The van der Waals surface area contributed by atoms with Crippen LogP contribution in [0, 0.1) is 0 Å². The van der Waals surface area contributed by atoms with Gasteiger partial charge in [0.25, 0.3) is 5.91 Å². The second kappa shape index (κ2) is 11.0. The first-order valence-electron chi connectivity index (χ1n) is 9.58. The van der Waals surface area contributed by atoms with Gasteiger partial charge in [-0.1, -0.05) is 24.3 Å². The molecule has 6 nitrogen and oxygen atoms in total. The Bertz CT molecular complexity index is 787. The molecule has 2 aromatic carbocycles. The van der Waals surface area contributed by atoms with Gasteiger partial charge in [-0.3, -0.25) is 9.79 Å². The van der Waals surface area contributed by atoms with E-state index >= 15 is 0 Å². The maximum absolute atomic E-state index is 12.0. The van der Waals surface area contributed by atoms with Crippen LogP contribution in [0.5, 0.6) is 5.75 Å². The molecule has 0 saturated heterocycles. The van der Waals surface area contributed by atoms with E-state index < -0.39 is 0 Å². The Hall–Kier alpha value is -3.02. The molecule has 2 aromatic rings. The van der Waals surface area contributed by atoms with Crippen molar-refractivity contribution in [2.45, 2.75) is 26.9 Å². The summed E-state index contributed by atoms with van der Waals surface area (Å²) in [7, 11) is 3.76. The van der Waals surface area contributed by atoms with Crippen molar-refractivity contribution < 1.29 is 9.53 Å². The standard InChI is InChI=1S/C22H30N4O2/c1-5-24-21(27)19-9-7-8-18(14-19)15-25-22(23-3)26(4)16-17-10-12-20(13-11-17)28-6-2/h7-14H,5-6,15-16H2,1-4H3,(H,23,25)(H,24,27). The molecule has 0 aromatic heterocycles. The summed E-state index contributed by atoms with van der Waals surface area (Å²) in [6.07, 6.45) is 0. The van der Waals surface area contributed by atoms with E-state index in [1.165, 1.54) is 5.56 Å². The smallest absolute Gasteiger partial charge is 0.251 e. The predicted molar refractivity (Wildman–Crippen MR) is 114 cm³/mol. The molecule has 0 aliphatic carbocycles. The van der Waals surface area contributed by atoms with Gasteiger partial charge in [0.05, 0.1) is 6.61 Å². The van der Waals surface area contributed by atoms with Crippen LogP contribution in [-0.4, -0.2) is 44.0 Å². The van der Waals surface area contributed by atoms with E-state index in [0.29, 0.717) is 25.3 Å². The van der Waals surface area contributed by atoms with Gasteiger partial charge in [-0.05, 0) is 49.2 Å². The second-order valence-electron chi connectivity index (χ2n) is 6.39. The van der Waals surface area contributed by atoms with Crippen LogP contribution in [0.3, 0.4) is 0 Å². The minimum absolute atomic E-state index is 0.0543. The lowest BCUT2D eigenvalue weighted by molar-refractivity contribution is 0.0955. The van der Waals surface area contributed by atoms with Crippen molar-refractivity contribution in [1.82, 2.24) is 15.5 Å². The quantitative estimate of drug-likeness (QED) is 0.544. The van der Waals surface area contributed by atoms with Gasteiger partial charge in [0.2, 0.25) is 0 Å². The van der Waals surface area contributed by atoms with Gasteiger partial charge in [-0.25, -0.2) is 0 Å². The number of benzene rings is 2. The van der Waals surface area contributed by atoms with Crippen molar-refractivity contribution in [3.05, 3.63) is 65.2 Å². The first-order chi connectivity index (χ1) is 13.6. The SMILES string of the molecule is CCNC(=O)c1cccc(CNC(=NC)N(C)Cc2ccc(OCC)cc2)c1. The number of aliphatic imine (C=N–C) groups is 1. The van der Waals surface area contributed by atoms with Crippen molar-refractivity contribution in [2.24, 2.45) is 4.99 Å². The van der Waals surface area contributed by atoms with E-state index in [1.54, 1.807) is 7.05 Å². The first-order valence-corrected chi connectivity index (χ1v) is 9.58. The third kappa shape index (κ3) is 6.30. The fourth-order valence-corrected chi connectivity index (χ4v) is 2.86. The van der Waals surface area contributed by atoms with Crippen molar-refractivity contribution in [2.75, 3.05) is 27.2 Å². The number of hydrogen-bond donors (Lipinski definition) is 2. The first kappa shape index (κ1) is 21.3. The number of amides is 1. The zero-order valence-electron chi connectivity index (χ0n) is 17.2. The molecular weight excluding hydrogens is 352 g/mol. The largest absolute Gasteiger partial charge is 0.494 e. The fourth-order valence-electron chi connectivity index (χ4n) is 2.86. The van der Waals surface area contributed by atoms with Gasteiger partial charge in [-0.15, -0.1) is 0 Å². The summed E-state index contributed by atoms with van der Waals surface area (Å²) in [5, 5.41) is 6.18. The van der Waals surface area contributed by atoms with Crippen molar-refractivity contribution >= 4 is 11.9 Å². The molecule has 0 spiro atoms. The molecule has 0 radical (unpaired) electrons. The maximum Gasteiger partial charge on any atom is 0.251 e. The van der Waals surface area contributed by atoms with Crippen LogP contribution < -0.4 is 15.4 Å². The van der Waals surface area contributed by atoms with Crippen LogP contribution in [0.4, 0.5) is 0 Å². The van der Waals surface area contributed by atoms with Gasteiger partial charge in [-0.2, -0.15) is 0 Å².